The Morgan fingerprint density at radius 1 is 1.09 bits per heavy atom. The predicted octanol–water partition coefficient (Wildman–Crippen LogP) is 4.86. The van der Waals surface area contributed by atoms with Crippen LogP contribution < -0.4 is 14.8 Å². The van der Waals surface area contributed by atoms with Gasteiger partial charge in [-0.1, -0.05) is 0 Å². The van der Waals surface area contributed by atoms with Gasteiger partial charge in [0.2, 0.25) is 0 Å². The fourth-order valence-electron chi connectivity index (χ4n) is 3.02. The number of rotatable bonds is 8. The molecule has 0 spiro atoms. The number of amides is 1. The lowest BCUT2D eigenvalue weighted by Crippen LogP contribution is -2.21. The van der Waals surface area contributed by atoms with Crippen LogP contribution >= 0.6 is 11.3 Å². The standard InChI is InChI=1S/C23H21FN4O3S/c1-3-30-18-8-10-19(11-9-18)31-13-22(29)27-21-12-25-15(2)28(21)23-26-20(14-32-23)16-4-6-17(24)7-5-16/h4-12,14H,3,13H2,1-2H3,(H,27,29). The third-order valence-corrected chi connectivity index (χ3v) is 5.36. The normalized spacial score (nSPS) is 10.7. The van der Waals surface area contributed by atoms with E-state index in [4.69, 9.17) is 9.47 Å². The summed E-state index contributed by atoms with van der Waals surface area (Å²) in [6.45, 7) is 4.17. The molecule has 0 aliphatic rings. The molecule has 164 valence electrons. The molecule has 0 fully saturated rings. The SMILES string of the molecule is CCOc1ccc(OCC(=O)Nc2cnc(C)n2-c2nc(-c3ccc(F)cc3)cs2)cc1. The zero-order chi connectivity index (χ0) is 22.5. The van der Waals surface area contributed by atoms with Crippen LogP contribution in [-0.4, -0.2) is 33.7 Å². The first-order valence-corrected chi connectivity index (χ1v) is 10.8. The van der Waals surface area contributed by atoms with Gasteiger partial charge in [-0.2, -0.15) is 0 Å². The molecule has 32 heavy (non-hydrogen) atoms. The van der Waals surface area contributed by atoms with Crippen LogP contribution in [0.15, 0.2) is 60.1 Å². The average Bonchev–Trinajstić information content (AvgIpc) is 3.40. The molecular weight excluding hydrogens is 431 g/mol. The Morgan fingerprint density at radius 2 is 1.78 bits per heavy atom. The van der Waals surface area contributed by atoms with Gasteiger partial charge in [0.1, 0.15) is 29.0 Å². The minimum atomic E-state index is -0.324. The third-order valence-electron chi connectivity index (χ3n) is 4.53. The van der Waals surface area contributed by atoms with Crippen LogP contribution in [-0.2, 0) is 4.79 Å². The molecule has 0 unspecified atom stereocenters. The maximum Gasteiger partial charge on any atom is 0.263 e. The number of nitrogens with zero attached hydrogens (tertiary/aromatic N) is 3. The van der Waals surface area contributed by atoms with E-state index in [9.17, 15) is 9.18 Å². The maximum atomic E-state index is 13.2. The molecule has 0 aliphatic heterocycles. The fourth-order valence-corrected chi connectivity index (χ4v) is 3.91. The molecule has 4 rings (SSSR count). The first-order chi connectivity index (χ1) is 15.5. The van der Waals surface area contributed by atoms with Crippen molar-refractivity contribution in [1.82, 2.24) is 14.5 Å². The molecular formula is C23H21FN4O3S. The minimum Gasteiger partial charge on any atom is -0.494 e. The van der Waals surface area contributed by atoms with Crippen molar-refractivity contribution in [2.75, 3.05) is 18.5 Å². The predicted molar refractivity (Wildman–Crippen MR) is 121 cm³/mol. The molecule has 0 saturated carbocycles. The zero-order valence-electron chi connectivity index (χ0n) is 17.5. The highest BCUT2D eigenvalue weighted by atomic mass is 32.1. The Hall–Kier alpha value is -3.72. The molecule has 1 amide bonds. The second-order valence-corrected chi connectivity index (χ2v) is 7.63. The van der Waals surface area contributed by atoms with Crippen LogP contribution in [0.5, 0.6) is 11.5 Å². The zero-order valence-corrected chi connectivity index (χ0v) is 18.4. The summed E-state index contributed by atoms with van der Waals surface area (Å²) in [6, 6.07) is 13.2. The van der Waals surface area contributed by atoms with Gasteiger partial charge < -0.3 is 14.8 Å². The number of aryl methyl sites for hydroxylation is 1. The molecule has 0 atom stereocenters. The number of anilines is 1. The van der Waals surface area contributed by atoms with Crippen LogP contribution in [0.4, 0.5) is 10.2 Å². The third kappa shape index (κ3) is 4.94. The van der Waals surface area contributed by atoms with Crippen LogP contribution in [0.3, 0.4) is 0 Å². The quantitative estimate of drug-likeness (QED) is 0.413. The highest BCUT2D eigenvalue weighted by Crippen LogP contribution is 2.27. The van der Waals surface area contributed by atoms with Gasteiger partial charge in [-0.25, -0.2) is 14.4 Å². The largest absolute Gasteiger partial charge is 0.494 e. The Bertz CT molecular complexity index is 1200. The first-order valence-electron chi connectivity index (χ1n) is 9.95. The summed E-state index contributed by atoms with van der Waals surface area (Å²) in [5.41, 5.74) is 1.52. The molecule has 0 bridgehead atoms. The highest BCUT2D eigenvalue weighted by molar-refractivity contribution is 7.12. The molecule has 1 N–H and O–H groups in total. The van der Waals surface area contributed by atoms with Gasteiger partial charge in [0.25, 0.3) is 5.91 Å². The van der Waals surface area contributed by atoms with Crippen molar-refractivity contribution in [3.05, 3.63) is 71.7 Å². The van der Waals surface area contributed by atoms with Crippen molar-refractivity contribution in [1.29, 1.82) is 0 Å². The van der Waals surface area contributed by atoms with Crippen LogP contribution in [0.25, 0.3) is 16.4 Å². The van der Waals surface area contributed by atoms with Crippen molar-refractivity contribution in [2.45, 2.75) is 13.8 Å². The van der Waals surface area contributed by atoms with Crippen LogP contribution in [0, 0.1) is 12.7 Å². The van der Waals surface area contributed by atoms with E-state index in [1.165, 1.54) is 23.5 Å². The summed E-state index contributed by atoms with van der Waals surface area (Å²) in [4.78, 5) is 21.4. The molecule has 2 aromatic heterocycles. The first kappa shape index (κ1) is 21.5. The fraction of sp³-hybridized carbons (Fsp3) is 0.174. The van der Waals surface area contributed by atoms with Gasteiger partial charge in [0, 0.05) is 10.9 Å². The Morgan fingerprint density at radius 3 is 2.47 bits per heavy atom. The highest BCUT2D eigenvalue weighted by Gasteiger charge is 2.15. The number of aromatic nitrogens is 3. The van der Waals surface area contributed by atoms with E-state index in [2.05, 4.69) is 15.3 Å². The van der Waals surface area contributed by atoms with Gasteiger partial charge in [0.15, 0.2) is 11.7 Å². The van der Waals surface area contributed by atoms with Crippen molar-refractivity contribution in [3.63, 3.8) is 0 Å². The van der Waals surface area contributed by atoms with Crippen LogP contribution in [0.2, 0.25) is 0 Å². The molecule has 0 radical (unpaired) electrons. The topological polar surface area (TPSA) is 78.3 Å². The summed E-state index contributed by atoms with van der Waals surface area (Å²) < 4.78 is 25.9. The van der Waals surface area contributed by atoms with Gasteiger partial charge in [-0.15, -0.1) is 11.3 Å². The summed E-state index contributed by atoms with van der Waals surface area (Å²) >= 11 is 1.40. The molecule has 0 saturated heterocycles. The summed E-state index contributed by atoms with van der Waals surface area (Å²) in [5, 5.41) is 5.34. The number of halogens is 1. The number of hydrogen-bond donors (Lipinski definition) is 1. The lowest BCUT2D eigenvalue weighted by atomic mass is 10.2. The van der Waals surface area contributed by atoms with E-state index in [0.717, 1.165) is 11.3 Å². The monoisotopic (exact) mass is 452 g/mol. The summed E-state index contributed by atoms with van der Waals surface area (Å²) in [7, 11) is 0. The molecule has 9 heteroatoms. The Kier molecular flexibility index (Phi) is 6.46. The second kappa shape index (κ2) is 9.61. The van der Waals surface area contributed by atoms with E-state index in [-0.39, 0.29) is 18.3 Å². The number of ether oxygens (including phenoxy) is 2. The molecule has 2 aromatic carbocycles. The smallest absolute Gasteiger partial charge is 0.263 e. The summed E-state index contributed by atoms with van der Waals surface area (Å²) in [6.07, 6.45) is 1.57. The van der Waals surface area contributed by atoms with E-state index in [0.29, 0.717) is 34.8 Å². The lowest BCUT2D eigenvalue weighted by Gasteiger charge is -2.10. The molecule has 7 nitrogen and oxygen atoms in total. The Labute approximate surface area is 188 Å². The number of imidazole rings is 1. The average molecular weight is 453 g/mol. The van der Waals surface area contributed by atoms with Crippen molar-refractivity contribution in [2.24, 2.45) is 0 Å². The number of carbonyl (C=O) groups is 1. The van der Waals surface area contributed by atoms with E-state index in [1.807, 2.05) is 19.2 Å². The van der Waals surface area contributed by atoms with Gasteiger partial charge >= 0.3 is 0 Å². The second-order valence-electron chi connectivity index (χ2n) is 6.79. The number of nitrogens with one attached hydrogen (secondary N) is 1. The van der Waals surface area contributed by atoms with Gasteiger partial charge in [-0.3, -0.25) is 9.36 Å². The summed E-state index contributed by atoms with van der Waals surface area (Å²) in [5.74, 6) is 1.85. The number of thiazole rings is 1. The van der Waals surface area contributed by atoms with Gasteiger partial charge in [0.05, 0.1) is 18.5 Å². The number of hydrogen-bond acceptors (Lipinski definition) is 6. The van der Waals surface area contributed by atoms with Crippen molar-refractivity contribution >= 4 is 23.1 Å². The molecule has 4 aromatic rings. The molecule has 2 heterocycles. The molecule has 0 aliphatic carbocycles. The van der Waals surface area contributed by atoms with E-state index >= 15 is 0 Å². The van der Waals surface area contributed by atoms with E-state index in [1.54, 1.807) is 47.2 Å². The van der Waals surface area contributed by atoms with Crippen molar-refractivity contribution < 1.29 is 18.7 Å². The van der Waals surface area contributed by atoms with Crippen molar-refractivity contribution in [3.8, 4) is 27.9 Å². The number of carbonyl (C=O) groups excluding carboxylic acids is 1. The minimum absolute atomic E-state index is 0.156. The number of benzene rings is 2. The maximum absolute atomic E-state index is 13.2. The van der Waals surface area contributed by atoms with E-state index < -0.39 is 0 Å². The Balaban J connectivity index is 1.43. The van der Waals surface area contributed by atoms with Crippen LogP contribution in [0.1, 0.15) is 12.7 Å². The van der Waals surface area contributed by atoms with Gasteiger partial charge in [-0.05, 0) is 62.4 Å². The lowest BCUT2D eigenvalue weighted by molar-refractivity contribution is -0.118.